The first kappa shape index (κ1) is 10.3. The van der Waals surface area contributed by atoms with E-state index in [4.69, 9.17) is 0 Å². The number of rotatable bonds is 0. The third-order valence-corrected chi connectivity index (χ3v) is 3.37. The van der Waals surface area contributed by atoms with Crippen molar-refractivity contribution in [3.8, 4) is 0 Å². The topological polar surface area (TPSA) is 29.1 Å². The number of amides is 1. The molecule has 0 aromatic heterocycles. The summed E-state index contributed by atoms with van der Waals surface area (Å²) in [5.41, 5.74) is 0.609. The Balaban J connectivity index is 2.92. The molecule has 0 aromatic carbocycles. The van der Waals surface area contributed by atoms with Crippen molar-refractivity contribution >= 4 is 5.91 Å². The minimum atomic E-state index is -0.256. The fourth-order valence-electron chi connectivity index (χ4n) is 1.59. The Labute approximate surface area is 80.4 Å². The molecule has 0 bridgehead atoms. The summed E-state index contributed by atoms with van der Waals surface area (Å²) in [4.78, 5) is 11.8. The molecular weight excluding hydrogens is 162 g/mol. The second kappa shape index (κ2) is 2.86. The van der Waals surface area contributed by atoms with E-state index in [1.807, 2.05) is 6.92 Å². The van der Waals surface area contributed by atoms with Crippen LogP contribution in [0.3, 0.4) is 0 Å². The highest BCUT2D eigenvalue weighted by atomic mass is 16.2. The quantitative estimate of drug-likeness (QED) is 0.611. The molecule has 13 heavy (non-hydrogen) atoms. The van der Waals surface area contributed by atoms with Crippen molar-refractivity contribution in [3.05, 3.63) is 12.3 Å². The largest absolute Gasteiger partial charge is 0.330 e. The Morgan fingerprint density at radius 1 is 1.46 bits per heavy atom. The van der Waals surface area contributed by atoms with Gasteiger partial charge in [0.1, 0.15) is 0 Å². The molecule has 0 aliphatic carbocycles. The van der Waals surface area contributed by atoms with E-state index in [2.05, 4.69) is 32.7 Å². The Morgan fingerprint density at radius 3 is 2.38 bits per heavy atom. The zero-order valence-electron chi connectivity index (χ0n) is 9.03. The van der Waals surface area contributed by atoms with Crippen LogP contribution < -0.4 is 5.32 Å². The number of nitrogens with one attached hydrogen (secondary N) is 1. The van der Waals surface area contributed by atoms with Gasteiger partial charge in [0, 0.05) is 5.70 Å². The average Bonchev–Trinajstić information content (AvgIpc) is 1.95. The van der Waals surface area contributed by atoms with Crippen LogP contribution in [-0.4, -0.2) is 5.91 Å². The number of allylic oxidation sites excluding steroid dienone is 1. The van der Waals surface area contributed by atoms with Crippen LogP contribution in [0.1, 0.15) is 40.5 Å². The Morgan fingerprint density at radius 2 is 2.00 bits per heavy atom. The lowest BCUT2D eigenvalue weighted by molar-refractivity contribution is -0.137. The standard InChI is InChI=1S/C11H19NO/c1-8-6-7-11(5,9(13)12-8)10(2,3)4/h1,6-7H2,2-5H3,(H,12,13). The smallest absolute Gasteiger partial charge is 0.230 e. The third kappa shape index (κ3) is 1.62. The fourth-order valence-corrected chi connectivity index (χ4v) is 1.59. The van der Waals surface area contributed by atoms with Crippen LogP contribution in [0, 0.1) is 10.8 Å². The van der Waals surface area contributed by atoms with Gasteiger partial charge in [-0.1, -0.05) is 34.3 Å². The van der Waals surface area contributed by atoms with E-state index in [-0.39, 0.29) is 16.7 Å². The molecule has 1 N–H and O–H groups in total. The summed E-state index contributed by atoms with van der Waals surface area (Å²) < 4.78 is 0. The average molecular weight is 181 g/mol. The van der Waals surface area contributed by atoms with Crippen LogP contribution in [-0.2, 0) is 4.79 Å². The monoisotopic (exact) mass is 181 g/mol. The summed E-state index contributed by atoms with van der Waals surface area (Å²) in [5.74, 6) is 0.122. The lowest BCUT2D eigenvalue weighted by Crippen LogP contribution is -2.49. The van der Waals surface area contributed by atoms with Gasteiger partial charge in [-0.25, -0.2) is 0 Å². The predicted molar refractivity (Wildman–Crippen MR) is 54.1 cm³/mol. The second-order valence-electron chi connectivity index (χ2n) is 5.14. The highest BCUT2D eigenvalue weighted by Crippen LogP contribution is 2.44. The first-order valence-electron chi connectivity index (χ1n) is 4.76. The Kier molecular flexibility index (Phi) is 2.27. The van der Waals surface area contributed by atoms with Crippen LogP contribution in [0.2, 0.25) is 0 Å². The van der Waals surface area contributed by atoms with Crippen molar-refractivity contribution in [2.75, 3.05) is 0 Å². The second-order valence-corrected chi connectivity index (χ2v) is 5.14. The van der Waals surface area contributed by atoms with Gasteiger partial charge in [0.25, 0.3) is 0 Å². The maximum Gasteiger partial charge on any atom is 0.230 e. The van der Waals surface area contributed by atoms with Crippen molar-refractivity contribution in [2.45, 2.75) is 40.5 Å². The normalized spacial score (nSPS) is 30.2. The van der Waals surface area contributed by atoms with Gasteiger partial charge in [0.05, 0.1) is 5.41 Å². The maximum atomic E-state index is 11.8. The van der Waals surface area contributed by atoms with Gasteiger partial charge >= 0.3 is 0 Å². The molecule has 1 aliphatic rings. The summed E-state index contributed by atoms with van der Waals surface area (Å²) >= 11 is 0. The van der Waals surface area contributed by atoms with Crippen LogP contribution >= 0.6 is 0 Å². The molecule has 1 atom stereocenters. The SMILES string of the molecule is C=C1CCC(C)(C(C)(C)C)C(=O)N1. The van der Waals surface area contributed by atoms with E-state index in [1.165, 1.54) is 0 Å². The Bertz CT molecular complexity index is 249. The molecule has 74 valence electrons. The fraction of sp³-hybridized carbons (Fsp3) is 0.727. The van der Waals surface area contributed by atoms with Crippen LogP contribution in [0.4, 0.5) is 0 Å². The van der Waals surface area contributed by atoms with E-state index < -0.39 is 0 Å². The predicted octanol–water partition coefficient (Wildman–Crippen LogP) is 2.46. The maximum absolute atomic E-state index is 11.8. The number of piperidine rings is 1. The highest BCUT2D eigenvalue weighted by Gasteiger charge is 2.45. The van der Waals surface area contributed by atoms with Gasteiger partial charge in [-0.3, -0.25) is 4.79 Å². The van der Waals surface area contributed by atoms with Gasteiger partial charge in [-0.05, 0) is 18.3 Å². The minimum Gasteiger partial charge on any atom is -0.330 e. The number of hydrogen-bond donors (Lipinski definition) is 1. The lowest BCUT2D eigenvalue weighted by atomic mass is 9.63. The summed E-state index contributed by atoms with van der Waals surface area (Å²) in [6, 6.07) is 0. The lowest BCUT2D eigenvalue weighted by Gasteiger charge is -2.43. The molecule has 2 heteroatoms. The van der Waals surface area contributed by atoms with Crippen molar-refractivity contribution in [1.29, 1.82) is 0 Å². The molecule has 0 radical (unpaired) electrons. The van der Waals surface area contributed by atoms with E-state index >= 15 is 0 Å². The van der Waals surface area contributed by atoms with Gasteiger partial charge in [-0.2, -0.15) is 0 Å². The molecule has 1 rings (SSSR count). The van der Waals surface area contributed by atoms with Crippen molar-refractivity contribution in [1.82, 2.24) is 5.32 Å². The van der Waals surface area contributed by atoms with Crippen molar-refractivity contribution in [2.24, 2.45) is 10.8 Å². The molecule has 0 aromatic rings. The number of hydrogen-bond acceptors (Lipinski definition) is 1. The third-order valence-electron chi connectivity index (χ3n) is 3.37. The molecule has 1 saturated heterocycles. The van der Waals surface area contributed by atoms with Gasteiger partial charge < -0.3 is 5.32 Å². The van der Waals surface area contributed by atoms with Gasteiger partial charge in [-0.15, -0.1) is 0 Å². The Hall–Kier alpha value is -0.790. The molecule has 1 heterocycles. The summed E-state index contributed by atoms with van der Waals surface area (Å²) in [6.07, 6.45) is 1.81. The molecule has 1 aliphatic heterocycles. The molecular formula is C11H19NO. The van der Waals surface area contributed by atoms with Crippen molar-refractivity contribution < 1.29 is 4.79 Å². The zero-order chi connectivity index (χ0) is 10.3. The summed E-state index contributed by atoms with van der Waals surface area (Å²) in [7, 11) is 0. The van der Waals surface area contributed by atoms with Crippen LogP contribution in [0.25, 0.3) is 0 Å². The van der Waals surface area contributed by atoms with Gasteiger partial charge in [0.15, 0.2) is 0 Å². The van der Waals surface area contributed by atoms with Gasteiger partial charge in [0.2, 0.25) is 5.91 Å². The summed E-state index contributed by atoms with van der Waals surface area (Å²) in [5, 5.41) is 2.84. The van der Waals surface area contributed by atoms with Crippen molar-refractivity contribution in [3.63, 3.8) is 0 Å². The summed E-state index contributed by atoms with van der Waals surface area (Å²) in [6.45, 7) is 12.2. The van der Waals surface area contributed by atoms with E-state index in [9.17, 15) is 4.79 Å². The van der Waals surface area contributed by atoms with E-state index in [0.717, 1.165) is 18.5 Å². The number of carbonyl (C=O) groups excluding carboxylic acids is 1. The van der Waals surface area contributed by atoms with E-state index in [1.54, 1.807) is 0 Å². The highest BCUT2D eigenvalue weighted by molar-refractivity contribution is 5.85. The molecule has 1 unspecified atom stereocenters. The number of carbonyl (C=O) groups is 1. The zero-order valence-corrected chi connectivity index (χ0v) is 9.03. The molecule has 1 fully saturated rings. The van der Waals surface area contributed by atoms with Crippen LogP contribution in [0.15, 0.2) is 12.3 Å². The minimum absolute atomic E-state index is 0.0117. The molecule has 2 nitrogen and oxygen atoms in total. The first-order chi connectivity index (χ1) is 5.77. The molecule has 0 saturated carbocycles. The molecule has 1 amide bonds. The van der Waals surface area contributed by atoms with Crippen LogP contribution in [0.5, 0.6) is 0 Å². The van der Waals surface area contributed by atoms with E-state index in [0.29, 0.717) is 0 Å². The first-order valence-corrected chi connectivity index (χ1v) is 4.76. The molecule has 0 spiro atoms.